The van der Waals surface area contributed by atoms with E-state index in [2.05, 4.69) is 15.6 Å². The lowest BCUT2D eigenvalue weighted by atomic mass is 10.2. The van der Waals surface area contributed by atoms with E-state index in [4.69, 9.17) is 4.74 Å². The molecule has 0 unspecified atom stereocenters. The first kappa shape index (κ1) is 15.5. The largest absolute Gasteiger partial charge is 0.492 e. The van der Waals surface area contributed by atoms with E-state index in [0.29, 0.717) is 29.4 Å². The van der Waals surface area contributed by atoms with Gasteiger partial charge in [-0.3, -0.25) is 9.59 Å². The second-order valence-corrected chi connectivity index (χ2v) is 4.49. The average molecular weight is 299 g/mol. The van der Waals surface area contributed by atoms with Gasteiger partial charge in [0.15, 0.2) is 0 Å². The molecule has 6 heteroatoms. The van der Waals surface area contributed by atoms with Crippen molar-refractivity contribution in [3.05, 3.63) is 48.2 Å². The van der Waals surface area contributed by atoms with Gasteiger partial charge in [0.05, 0.1) is 12.3 Å². The van der Waals surface area contributed by atoms with Crippen molar-refractivity contribution in [2.75, 3.05) is 17.2 Å². The van der Waals surface area contributed by atoms with Gasteiger partial charge in [-0.05, 0) is 31.2 Å². The van der Waals surface area contributed by atoms with E-state index in [1.807, 2.05) is 19.1 Å². The van der Waals surface area contributed by atoms with Crippen molar-refractivity contribution < 1.29 is 14.3 Å². The third-order valence-electron chi connectivity index (χ3n) is 2.76. The van der Waals surface area contributed by atoms with Gasteiger partial charge in [0, 0.05) is 18.7 Å². The first-order valence-corrected chi connectivity index (χ1v) is 6.87. The molecule has 0 saturated carbocycles. The molecule has 1 aromatic heterocycles. The Morgan fingerprint density at radius 2 is 1.95 bits per heavy atom. The summed E-state index contributed by atoms with van der Waals surface area (Å²) < 4.78 is 5.47. The Morgan fingerprint density at radius 1 is 1.18 bits per heavy atom. The van der Waals surface area contributed by atoms with Crippen LogP contribution in [0.15, 0.2) is 42.6 Å². The Labute approximate surface area is 128 Å². The summed E-state index contributed by atoms with van der Waals surface area (Å²) in [6.07, 6.45) is 1.47. The Kier molecular flexibility index (Phi) is 5.08. The van der Waals surface area contributed by atoms with Gasteiger partial charge in [-0.2, -0.15) is 0 Å². The first-order valence-electron chi connectivity index (χ1n) is 6.87. The topological polar surface area (TPSA) is 80.3 Å². The van der Waals surface area contributed by atoms with Gasteiger partial charge in [0.25, 0.3) is 5.91 Å². The number of anilines is 2. The van der Waals surface area contributed by atoms with E-state index in [1.165, 1.54) is 19.2 Å². The summed E-state index contributed by atoms with van der Waals surface area (Å²) in [6.45, 7) is 3.77. The molecule has 0 radical (unpaired) electrons. The third kappa shape index (κ3) is 4.05. The lowest BCUT2D eigenvalue weighted by Crippen LogP contribution is -2.14. The fourth-order valence-corrected chi connectivity index (χ4v) is 1.87. The SMILES string of the molecule is CCOc1ccccc1NC(=O)c1ccnc(NC(C)=O)c1. The molecule has 0 aliphatic heterocycles. The maximum Gasteiger partial charge on any atom is 0.255 e. The minimum Gasteiger partial charge on any atom is -0.492 e. The highest BCUT2D eigenvalue weighted by Crippen LogP contribution is 2.24. The second kappa shape index (κ2) is 7.21. The molecule has 22 heavy (non-hydrogen) atoms. The van der Waals surface area contributed by atoms with Crippen molar-refractivity contribution >= 4 is 23.3 Å². The second-order valence-electron chi connectivity index (χ2n) is 4.49. The molecule has 1 aromatic carbocycles. The molecule has 6 nitrogen and oxygen atoms in total. The summed E-state index contributed by atoms with van der Waals surface area (Å²) in [5.74, 6) is 0.389. The molecule has 2 rings (SSSR count). The number of ether oxygens (including phenoxy) is 1. The number of carbonyl (C=O) groups is 2. The standard InChI is InChI=1S/C16H17N3O3/c1-3-22-14-7-5-4-6-13(14)19-16(21)12-8-9-17-15(10-12)18-11(2)20/h4-10H,3H2,1-2H3,(H,19,21)(H,17,18,20). The summed E-state index contributed by atoms with van der Waals surface area (Å²) in [6, 6.07) is 10.3. The summed E-state index contributed by atoms with van der Waals surface area (Å²) in [4.78, 5) is 27.3. The molecule has 114 valence electrons. The van der Waals surface area contributed by atoms with Crippen LogP contribution >= 0.6 is 0 Å². The molecule has 2 aromatic rings. The van der Waals surface area contributed by atoms with Crippen LogP contribution in [-0.4, -0.2) is 23.4 Å². The van der Waals surface area contributed by atoms with Crippen LogP contribution in [0.3, 0.4) is 0 Å². The smallest absolute Gasteiger partial charge is 0.255 e. The Bertz CT molecular complexity index is 686. The van der Waals surface area contributed by atoms with Crippen LogP contribution in [0.25, 0.3) is 0 Å². The van der Waals surface area contributed by atoms with Crippen LogP contribution in [0.5, 0.6) is 5.75 Å². The zero-order valence-electron chi connectivity index (χ0n) is 12.4. The molecule has 0 bridgehead atoms. The number of aromatic nitrogens is 1. The van der Waals surface area contributed by atoms with Crippen LogP contribution < -0.4 is 15.4 Å². The monoisotopic (exact) mass is 299 g/mol. The van der Waals surface area contributed by atoms with Crippen molar-refractivity contribution in [3.8, 4) is 5.75 Å². The fraction of sp³-hybridized carbons (Fsp3) is 0.188. The van der Waals surface area contributed by atoms with Crippen molar-refractivity contribution in [2.24, 2.45) is 0 Å². The number of pyridine rings is 1. The van der Waals surface area contributed by atoms with Gasteiger partial charge >= 0.3 is 0 Å². The van der Waals surface area contributed by atoms with Crippen LogP contribution in [0.1, 0.15) is 24.2 Å². The molecular formula is C16H17N3O3. The zero-order valence-corrected chi connectivity index (χ0v) is 12.4. The number of para-hydroxylation sites is 2. The number of hydrogen-bond acceptors (Lipinski definition) is 4. The van der Waals surface area contributed by atoms with Gasteiger partial charge in [-0.15, -0.1) is 0 Å². The molecular weight excluding hydrogens is 282 g/mol. The van der Waals surface area contributed by atoms with Crippen molar-refractivity contribution in [3.63, 3.8) is 0 Å². The molecule has 2 N–H and O–H groups in total. The maximum absolute atomic E-state index is 12.3. The Balaban J connectivity index is 2.17. The average Bonchev–Trinajstić information content (AvgIpc) is 2.49. The lowest BCUT2D eigenvalue weighted by Gasteiger charge is -2.11. The Morgan fingerprint density at radius 3 is 2.68 bits per heavy atom. The Hall–Kier alpha value is -2.89. The summed E-state index contributed by atoms with van der Waals surface area (Å²) in [5.41, 5.74) is 0.984. The molecule has 0 fully saturated rings. The summed E-state index contributed by atoms with van der Waals surface area (Å²) >= 11 is 0. The highest BCUT2D eigenvalue weighted by atomic mass is 16.5. The molecule has 0 saturated heterocycles. The highest BCUT2D eigenvalue weighted by Gasteiger charge is 2.11. The van der Waals surface area contributed by atoms with Gasteiger partial charge in [-0.1, -0.05) is 12.1 Å². The molecule has 2 amide bonds. The minimum atomic E-state index is -0.304. The minimum absolute atomic E-state index is 0.244. The van der Waals surface area contributed by atoms with Gasteiger partial charge in [-0.25, -0.2) is 4.98 Å². The number of hydrogen-bond donors (Lipinski definition) is 2. The van der Waals surface area contributed by atoms with Gasteiger partial charge < -0.3 is 15.4 Å². The maximum atomic E-state index is 12.3. The van der Waals surface area contributed by atoms with Gasteiger partial charge in [0.1, 0.15) is 11.6 Å². The normalized spacial score (nSPS) is 9.91. The van der Waals surface area contributed by atoms with E-state index >= 15 is 0 Å². The quantitative estimate of drug-likeness (QED) is 0.889. The molecule has 0 aliphatic carbocycles. The molecule has 1 heterocycles. The predicted octanol–water partition coefficient (Wildman–Crippen LogP) is 2.69. The number of nitrogens with zero attached hydrogens (tertiary/aromatic N) is 1. The molecule has 0 atom stereocenters. The third-order valence-corrected chi connectivity index (χ3v) is 2.76. The van der Waals surface area contributed by atoms with Crippen LogP contribution in [0, 0.1) is 0 Å². The predicted molar refractivity (Wildman–Crippen MR) is 84.1 cm³/mol. The van der Waals surface area contributed by atoms with Crippen LogP contribution in [0.4, 0.5) is 11.5 Å². The number of amides is 2. The lowest BCUT2D eigenvalue weighted by molar-refractivity contribution is -0.114. The number of benzene rings is 1. The van der Waals surface area contributed by atoms with E-state index in [0.717, 1.165) is 0 Å². The van der Waals surface area contributed by atoms with Crippen LogP contribution in [-0.2, 0) is 4.79 Å². The zero-order chi connectivity index (χ0) is 15.9. The number of rotatable bonds is 5. The fourth-order valence-electron chi connectivity index (χ4n) is 1.87. The van der Waals surface area contributed by atoms with Crippen molar-refractivity contribution in [1.29, 1.82) is 0 Å². The number of nitrogens with one attached hydrogen (secondary N) is 2. The highest BCUT2D eigenvalue weighted by molar-refractivity contribution is 6.05. The van der Waals surface area contributed by atoms with Crippen molar-refractivity contribution in [1.82, 2.24) is 4.98 Å². The van der Waals surface area contributed by atoms with E-state index < -0.39 is 0 Å². The summed E-state index contributed by atoms with van der Waals surface area (Å²) in [5, 5.41) is 5.33. The number of carbonyl (C=O) groups excluding carboxylic acids is 2. The van der Waals surface area contributed by atoms with Crippen LogP contribution in [0.2, 0.25) is 0 Å². The molecule has 0 spiro atoms. The van der Waals surface area contributed by atoms with Gasteiger partial charge in [0.2, 0.25) is 5.91 Å². The van der Waals surface area contributed by atoms with Crippen molar-refractivity contribution in [2.45, 2.75) is 13.8 Å². The van der Waals surface area contributed by atoms with E-state index in [-0.39, 0.29) is 11.8 Å². The summed E-state index contributed by atoms with van der Waals surface area (Å²) in [7, 11) is 0. The van der Waals surface area contributed by atoms with E-state index in [9.17, 15) is 9.59 Å². The molecule has 0 aliphatic rings. The van der Waals surface area contributed by atoms with E-state index in [1.54, 1.807) is 18.2 Å². The first-order chi connectivity index (χ1) is 10.6.